The summed E-state index contributed by atoms with van der Waals surface area (Å²) in [6.45, 7) is 1.81. The van der Waals surface area contributed by atoms with Gasteiger partial charge in [-0.1, -0.05) is 23.7 Å². The molecule has 0 saturated carbocycles. The van der Waals surface area contributed by atoms with Crippen molar-refractivity contribution in [2.24, 2.45) is 0 Å². The number of benzene rings is 1. The zero-order valence-corrected chi connectivity index (χ0v) is 12.7. The lowest BCUT2D eigenvalue weighted by Crippen LogP contribution is -2.36. The van der Waals surface area contributed by atoms with Crippen LogP contribution in [-0.4, -0.2) is 16.8 Å². The molecule has 1 aromatic carbocycles. The van der Waals surface area contributed by atoms with Crippen molar-refractivity contribution < 1.29 is 14.7 Å². The molecule has 6 heteroatoms. The van der Waals surface area contributed by atoms with E-state index in [1.54, 1.807) is 29.6 Å². The van der Waals surface area contributed by atoms with Gasteiger partial charge in [0.1, 0.15) is 0 Å². The van der Waals surface area contributed by atoms with Crippen molar-refractivity contribution in [1.29, 1.82) is 0 Å². The summed E-state index contributed by atoms with van der Waals surface area (Å²) >= 11 is 7.42. The van der Waals surface area contributed by atoms with E-state index >= 15 is 0 Å². The summed E-state index contributed by atoms with van der Waals surface area (Å²) in [5.74, 6) is -0.897. The predicted molar refractivity (Wildman–Crippen MR) is 82.0 cm³/mol. The normalized spacial score (nSPS) is 20.2. The number of amides is 1. The number of aliphatic hydroxyl groups is 1. The number of carbonyl (C=O) groups excluding carboxylic acids is 2. The van der Waals surface area contributed by atoms with Crippen molar-refractivity contribution in [2.75, 3.05) is 5.32 Å². The van der Waals surface area contributed by atoms with Crippen LogP contribution in [0.25, 0.3) is 0 Å². The fraction of sp³-hybridized carbons (Fsp3) is 0.200. The Balaban J connectivity index is 2.05. The van der Waals surface area contributed by atoms with Gasteiger partial charge in [-0.15, -0.1) is 11.3 Å². The van der Waals surface area contributed by atoms with Gasteiger partial charge in [0.2, 0.25) is 0 Å². The maximum atomic E-state index is 12.2. The summed E-state index contributed by atoms with van der Waals surface area (Å²) < 4.78 is 0. The summed E-state index contributed by atoms with van der Waals surface area (Å²) in [7, 11) is 0. The maximum Gasteiger partial charge on any atom is 0.261 e. The molecule has 21 heavy (non-hydrogen) atoms. The number of fused-ring (bicyclic) bond motifs is 1. The van der Waals surface area contributed by atoms with Crippen molar-refractivity contribution in [3.63, 3.8) is 0 Å². The van der Waals surface area contributed by atoms with Gasteiger partial charge in [-0.3, -0.25) is 9.59 Å². The quantitative estimate of drug-likeness (QED) is 0.854. The molecular weight excluding hydrogens is 310 g/mol. The average Bonchev–Trinajstić information content (AvgIpc) is 3.03. The molecule has 1 aromatic heterocycles. The van der Waals surface area contributed by atoms with Gasteiger partial charge < -0.3 is 10.4 Å². The lowest BCUT2D eigenvalue weighted by molar-refractivity contribution is -0.133. The van der Waals surface area contributed by atoms with E-state index in [-0.39, 0.29) is 17.2 Å². The van der Waals surface area contributed by atoms with Crippen molar-refractivity contribution in [3.05, 3.63) is 50.7 Å². The molecule has 108 valence electrons. The van der Waals surface area contributed by atoms with Crippen LogP contribution < -0.4 is 5.32 Å². The number of carbonyl (C=O) groups is 2. The van der Waals surface area contributed by atoms with Crippen LogP contribution in [-0.2, 0) is 10.4 Å². The van der Waals surface area contributed by atoms with Crippen LogP contribution in [0, 0.1) is 6.92 Å². The van der Waals surface area contributed by atoms with Crippen LogP contribution in [0.5, 0.6) is 0 Å². The molecule has 1 aliphatic rings. The van der Waals surface area contributed by atoms with E-state index in [1.165, 1.54) is 11.3 Å². The fourth-order valence-electron chi connectivity index (χ4n) is 2.50. The Morgan fingerprint density at radius 1 is 1.43 bits per heavy atom. The number of Topliss-reactive ketones (excluding diaryl/α,β-unsaturated/α-hetero) is 1. The molecule has 1 amide bonds. The van der Waals surface area contributed by atoms with Crippen LogP contribution in [0.15, 0.2) is 29.6 Å². The van der Waals surface area contributed by atoms with Gasteiger partial charge in [0.15, 0.2) is 11.4 Å². The molecule has 0 radical (unpaired) electrons. The summed E-state index contributed by atoms with van der Waals surface area (Å²) in [5.41, 5.74) is -0.338. The van der Waals surface area contributed by atoms with Crippen LogP contribution in [0.2, 0.25) is 5.02 Å². The third-order valence-corrected chi connectivity index (χ3v) is 4.83. The van der Waals surface area contributed by atoms with E-state index in [4.69, 9.17) is 11.6 Å². The van der Waals surface area contributed by atoms with E-state index in [1.807, 2.05) is 6.92 Å². The SMILES string of the molecule is Cc1ccc(Cl)c2c1NC(=O)C2(O)CC(=O)c1cccs1. The molecule has 2 aromatic rings. The molecule has 0 fully saturated rings. The molecule has 0 spiro atoms. The first-order chi connectivity index (χ1) is 9.93. The topological polar surface area (TPSA) is 66.4 Å². The molecular formula is C15H12ClNO3S. The lowest BCUT2D eigenvalue weighted by atomic mass is 9.88. The Bertz CT molecular complexity index is 742. The Hall–Kier alpha value is -1.69. The van der Waals surface area contributed by atoms with Gasteiger partial charge in [-0.2, -0.15) is 0 Å². The van der Waals surface area contributed by atoms with Crippen LogP contribution in [0.1, 0.15) is 27.2 Å². The van der Waals surface area contributed by atoms with Crippen molar-refractivity contribution in [3.8, 4) is 0 Å². The van der Waals surface area contributed by atoms with Crippen molar-refractivity contribution in [1.82, 2.24) is 0 Å². The Kier molecular flexibility index (Phi) is 3.36. The standard InChI is InChI=1S/C15H12ClNO3S/c1-8-4-5-9(16)12-13(8)17-14(19)15(12,20)7-10(18)11-3-2-6-21-11/h2-6,20H,7H2,1H3,(H,17,19). The minimum absolute atomic E-state index is 0.274. The zero-order valence-electron chi connectivity index (χ0n) is 11.1. The molecule has 3 rings (SSSR count). The summed E-state index contributed by atoms with van der Waals surface area (Å²) in [5, 5.41) is 15.4. The molecule has 2 heterocycles. The molecule has 1 unspecified atom stereocenters. The Morgan fingerprint density at radius 3 is 2.86 bits per heavy atom. The highest BCUT2D eigenvalue weighted by atomic mass is 35.5. The zero-order chi connectivity index (χ0) is 15.2. The first-order valence-corrected chi connectivity index (χ1v) is 7.59. The van der Waals surface area contributed by atoms with Crippen LogP contribution in [0.3, 0.4) is 0 Å². The highest BCUT2D eigenvalue weighted by Gasteiger charge is 2.48. The molecule has 0 bridgehead atoms. The Morgan fingerprint density at radius 2 is 2.19 bits per heavy atom. The smallest absolute Gasteiger partial charge is 0.261 e. The van der Waals surface area contributed by atoms with E-state index < -0.39 is 11.5 Å². The van der Waals surface area contributed by atoms with Gasteiger partial charge in [0, 0.05) is 10.6 Å². The molecule has 0 saturated heterocycles. The number of ketones is 1. The van der Waals surface area contributed by atoms with E-state index in [0.717, 1.165) is 5.56 Å². The second-order valence-electron chi connectivity index (χ2n) is 5.01. The molecule has 0 aliphatic carbocycles. The first-order valence-electron chi connectivity index (χ1n) is 6.33. The van der Waals surface area contributed by atoms with Gasteiger partial charge >= 0.3 is 0 Å². The van der Waals surface area contributed by atoms with Gasteiger partial charge in [-0.05, 0) is 30.0 Å². The Labute approximate surface area is 130 Å². The van der Waals surface area contributed by atoms with Crippen molar-refractivity contribution in [2.45, 2.75) is 18.9 Å². The second kappa shape index (κ2) is 4.94. The number of nitrogens with one attached hydrogen (secondary N) is 1. The minimum Gasteiger partial charge on any atom is -0.375 e. The third kappa shape index (κ3) is 2.18. The largest absolute Gasteiger partial charge is 0.375 e. The van der Waals surface area contributed by atoms with Gasteiger partial charge in [0.05, 0.1) is 17.0 Å². The summed E-state index contributed by atoms with van der Waals surface area (Å²) in [6, 6.07) is 6.80. The number of halogens is 1. The first kappa shape index (κ1) is 14.3. The predicted octanol–water partition coefficient (Wildman–Crippen LogP) is 3.12. The second-order valence-corrected chi connectivity index (χ2v) is 6.36. The monoisotopic (exact) mass is 321 g/mol. The van der Waals surface area contributed by atoms with Crippen LogP contribution >= 0.6 is 22.9 Å². The molecule has 1 atom stereocenters. The third-order valence-electron chi connectivity index (χ3n) is 3.60. The fourth-order valence-corrected chi connectivity index (χ4v) is 3.48. The van der Waals surface area contributed by atoms with Crippen molar-refractivity contribution >= 4 is 40.3 Å². The maximum absolute atomic E-state index is 12.2. The minimum atomic E-state index is -1.92. The average molecular weight is 322 g/mol. The summed E-state index contributed by atoms with van der Waals surface area (Å²) in [4.78, 5) is 24.9. The van der Waals surface area contributed by atoms with Crippen LogP contribution in [0.4, 0.5) is 5.69 Å². The number of aryl methyl sites for hydroxylation is 1. The number of thiophene rings is 1. The van der Waals surface area contributed by atoms with E-state index in [9.17, 15) is 14.7 Å². The lowest BCUT2D eigenvalue weighted by Gasteiger charge is -2.20. The van der Waals surface area contributed by atoms with E-state index in [0.29, 0.717) is 16.1 Å². The number of hydrogen-bond acceptors (Lipinski definition) is 4. The highest BCUT2D eigenvalue weighted by molar-refractivity contribution is 7.12. The number of anilines is 1. The molecule has 4 nitrogen and oxygen atoms in total. The van der Waals surface area contributed by atoms with E-state index in [2.05, 4.69) is 5.32 Å². The molecule has 2 N–H and O–H groups in total. The number of rotatable bonds is 3. The summed E-state index contributed by atoms with van der Waals surface area (Å²) in [6.07, 6.45) is -0.324. The number of hydrogen-bond donors (Lipinski definition) is 2. The van der Waals surface area contributed by atoms with Gasteiger partial charge in [0.25, 0.3) is 5.91 Å². The molecule has 1 aliphatic heterocycles. The highest BCUT2D eigenvalue weighted by Crippen LogP contribution is 2.44. The van der Waals surface area contributed by atoms with Gasteiger partial charge in [-0.25, -0.2) is 0 Å².